The molecular formula is C20H30IN5O. The van der Waals surface area contributed by atoms with E-state index in [0.29, 0.717) is 24.5 Å². The Morgan fingerprint density at radius 3 is 2.67 bits per heavy atom. The first kappa shape index (κ1) is 21.7. The molecule has 0 amide bonds. The Labute approximate surface area is 178 Å². The van der Waals surface area contributed by atoms with Gasteiger partial charge in [0.15, 0.2) is 11.7 Å². The predicted molar refractivity (Wildman–Crippen MR) is 120 cm³/mol. The predicted octanol–water partition coefficient (Wildman–Crippen LogP) is 3.35. The second-order valence-corrected chi connectivity index (χ2v) is 7.25. The number of aromatic nitrogens is 1. The van der Waals surface area contributed by atoms with Gasteiger partial charge in [-0.2, -0.15) is 0 Å². The van der Waals surface area contributed by atoms with Crippen LogP contribution in [0.5, 0.6) is 0 Å². The monoisotopic (exact) mass is 483 g/mol. The summed E-state index contributed by atoms with van der Waals surface area (Å²) in [6, 6.07) is 12.9. The molecule has 2 heterocycles. The van der Waals surface area contributed by atoms with E-state index in [1.54, 1.807) is 7.05 Å². The highest BCUT2D eigenvalue weighted by molar-refractivity contribution is 14.0. The van der Waals surface area contributed by atoms with E-state index < -0.39 is 0 Å². The van der Waals surface area contributed by atoms with E-state index in [1.807, 2.05) is 36.4 Å². The van der Waals surface area contributed by atoms with Crippen LogP contribution in [-0.4, -0.2) is 48.2 Å². The maximum absolute atomic E-state index is 5.45. The summed E-state index contributed by atoms with van der Waals surface area (Å²) in [5.74, 6) is 2.17. The van der Waals surface area contributed by atoms with Gasteiger partial charge in [0.25, 0.3) is 0 Å². The quantitative estimate of drug-likeness (QED) is 0.388. The van der Waals surface area contributed by atoms with Crippen LogP contribution < -0.4 is 10.6 Å². The van der Waals surface area contributed by atoms with Crippen molar-refractivity contribution in [2.24, 2.45) is 10.9 Å². The zero-order valence-electron chi connectivity index (χ0n) is 16.5. The standard InChI is InChI=1S/C20H29N5O.HI/c1-14(2)25-12-15(3)18(13-25)23-20(21-4)22-11-17-10-19(26-24-17)16-8-6-5-7-9-16;/h5-10,14-15,18H,11-13H2,1-4H3,(H2,21,22,23);1H. The molecule has 2 N–H and O–H groups in total. The van der Waals surface area contributed by atoms with Crippen LogP contribution in [0.15, 0.2) is 45.9 Å². The Hall–Kier alpha value is -1.61. The molecule has 6 nitrogen and oxygen atoms in total. The second kappa shape index (κ2) is 10.1. The van der Waals surface area contributed by atoms with E-state index in [9.17, 15) is 0 Å². The Bertz CT molecular complexity index is 731. The number of aliphatic imine (C=N–C) groups is 1. The molecule has 7 heteroatoms. The molecule has 0 radical (unpaired) electrons. The van der Waals surface area contributed by atoms with E-state index in [2.05, 4.69) is 46.5 Å². The Morgan fingerprint density at radius 1 is 1.30 bits per heavy atom. The fourth-order valence-corrected chi connectivity index (χ4v) is 3.29. The molecule has 0 aliphatic carbocycles. The van der Waals surface area contributed by atoms with Crippen molar-refractivity contribution in [2.75, 3.05) is 20.1 Å². The SMILES string of the molecule is CN=C(NCc1cc(-c2ccccc2)on1)NC1CN(C(C)C)CC1C.I. The lowest BCUT2D eigenvalue weighted by Crippen LogP contribution is -2.46. The van der Waals surface area contributed by atoms with E-state index >= 15 is 0 Å². The molecule has 0 spiro atoms. The fourth-order valence-electron chi connectivity index (χ4n) is 3.29. The first-order valence-corrected chi connectivity index (χ1v) is 9.29. The molecular weight excluding hydrogens is 453 g/mol. The number of nitrogens with one attached hydrogen (secondary N) is 2. The van der Waals surface area contributed by atoms with Crippen LogP contribution in [0, 0.1) is 5.92 Å². The van der Waals surface area contributed by atoms with Crippen LogP contribution in [0.4, 0.5) is 0 Å². The largest absolute Gasteiger partial charge is 0.356 e. The summed E-state index contributed by atoms with van der Waals surface area (Å²) in [5, 5.41) is 11.0. The lowest BCUT2D eigenvalue weighted by atomic mass is 10.1. The third kappa shape index (κ3) is 5.68. The van der Waals surface area contributed by atoms with Crippen LogP contribution in [0.25, 0.3) is 11.3 Å². The van der Waals surface area contributed by atoms with Crippen LogP contribution in [-0.2, 0) is 6.54 Å². The zero-order chi connectivity index (χ0) is 18.5. The van der Waals surface area contributed by atoms with Crippen molar-refractivity contribution in [3.8, 4) is 11.3 Å². The van der Waals surface area contributed by atoms with Gasteiger partial charge in [0.1, 0.15) is 5.69 Å². The number of benzene rings is 1. The molecule has 2 unspecified atom stereocenters. The summed E-state index contributed by atoms with van der Waals surface area (Å²) in [4.78, 5) is 6.85. The number of likely N-dealkylation sites (tertiary alicyclic amines) is 1. The maximum Gasteiger partial charge on any atom is 0.191 e. The lowest BCUT2D eigenvalue weighted by molar-refractivity contribution is 0.265. The molecule has 27 heavy (non-hydrogen) atoms. The molecule has 1 aromatic heterocycles. The van der Waals surface area contributed by atoms with Gasteiger partial charge in [-0.1, -0.05) is 42.4 Å². The van der Waals surface area contributed by atoms with Crippen LogP contribution >= 0.6 is 24.0 Å². The van der Waals surface area contributed by atoms with E-state index in [-0.39, 0.29) is 24.0 Å². The highest BCUT2D eigenvalue weighted by Crippen LogP contribution is 2.20. The van der Waals surface area contributed by atoms with Gasteiger partial charge in [0, 0.05) is 43.9 Å². The third-order valence-electron chi connectivity index (χ3n) is 4.97. The average Bonchev–Trinajstić information content (AvgIpc) is 3.26. The molecule has 0 saturated carbocycles. The summed E-state index contributed by atoms with van der Waals surface area (Å²) in [6.07, 6.45) is 0. The van der Waals surface area contributed by atoms with Gasteiger partial charge in [-0.3, -0.25) is 9.89 Å². The highest BCUT2D eigenvalue weighted by atomic mass is 127. The summed E-state index contributed by atoms with van der Waals surface area (Å²) in [6.45, 7) is 9.52. The average molecular weight is 483 g/mol. The number of guanidine groups is 1. The van der Waals surface area contributed by atoms with Crippen LogP contribution in [0.3, 0.4) is 0 Å². The van der Waals surface area contributed by atoms with E-state index in [4.69, 9.17) is 4.52 Å². The fraction of sp³-hybridized carbons (Fsp3) is 0.500. The number of hydrogen-bond donors (Lipinski definition) is 2. The van der Waals surface area contributed by atoms with Gasteiger partial charge in [0.05, 0.1) is 6.54 Å². The van der Waals surface area contributed by atoms with Crippen molar-refractivity contribution in [1.82, 2.24) is 20.7 Å². The van der Waals surface area contributed by atoms with Crippen molar-refractivity contribution >= 4 is 29.9 Å². The van der Waals surface area contributed by atoms with Gasteiger partial charge < -0.3 is 15.2 Å². The molecule has 148 valence electrons. The minimum atomic E-state index is 0. The Kier molecular flexibility index (Phi) is 8.09. The number of hydrogen-bond acceptors (Lipinski definition) is 4. The Balaban J connectivity index is 0.00000261. The minimum absolute atomic E-state index is 0. The van der Waals surface area contributed by atoms with Gasteiger partial charge in [0.2, 0.25) is 0 Å². The van der Waals surface area contributed by atoms with Crippen molar-refractivity contribution in [3.63, 3.8) is 0 Å². The normalized spacial score (nSPS) is 20.6. The smallest absolute Gasteiger partial charge is 0.191 e. The number of nitrogens with zero attached hydrogens (tertiary/aromatic N) is 3. The highest BCUT2D eigenvalue weighted by Gasteiger charge is 2.31. The minimum Gasteiger partial charge on any atom is -0.356 e. The summed E-state index contributed by atoms with van der Waals surface area (Å²) < 4.78 is 5.45. The Morgan fingerprint density at radius 2 is 2.04 bits per heavy atom. The lowest BCUT2D eigenvalue weighted by Gasteiger charge is -2.21. The van der Waals surface area contributed by atoms with Crippen LogP contribution in [0.2, 0.25) is 0 Å². The zero-order valence-corrected chi connectivity index (χ0v) is 18.8. The summed E-state index contributed by atoms with van der Waals surface area (Å²) in [7, 11) is 1.80. The van der Waals surface area contributed by atoms with Crippen LogP contribution in [0.1, 0.15) is 26.5 Å². The second-order valence-electron chi connectivity index (χ2n) is 7.25. The van der Waals surface area contributed by atoms with Gasteiger partial charge in [-0.15, -0.1) is 24.0 Å². The summed E-state index contributed by atoms with van der Waals surface area (Å²) >= 11 is 0. The molecule has 1 aromatic carbocycles. The molecule has 2 aromatic rings. The molecule has 2 atom stereocenters. The van der Waals surface area contributed by atoms with Gasteiger partial charge in [-0.25, -0.2) is 0 Å². The molecule has 1 aliphatic rings. The maximum atomic E-state index is 5.45. The first-order chi connectivity index (χ1) is 12.6. The van der Waals surface area contributed by atoms with Crippen molar-refractivity contribution in [1.29, 1.82) is 0 Å². The first-order valence-electron chi connectivity index (χ1n) is 9.29. The van der Waals surface area contributed by atoms with Gasteiger partial charge in [-0.05, 0) is 19.8 Å². The van der Waals surface area contributed by atoms with E-state index in [0.717, 1.165) is 36.1 Å². The topological polar surface area (TPSA) is 65.7 Å². The van der Waals surface area contributed by atoms with E-state index in [1.165, 1.54) is 0 Å². The van der Waals surface area contributed by atoms with Crippen molar-refractivity contribution in [3.05, 3.63) is 42.1 Å². The number of halogens is 1. The molecule has 0 bridgehead atoms. The molecule has 1 aliphatic heterocycles. The molecule has 1 fully saturated rings. The number of rotatable bonds is 5. The van der Waals surface area contributed by atoms with Crippen molar-refractivity contribution < 1.29 is 4.52 Å². The molecule has 3 rings (SSSR count). The van der Waals surface area contributed by atoms with Gasteiger partial charge >= 0.3 is 0 Å². The molecule has 1 saturated heterocycles. The summed E-state index contributed by atoms with van der Waals surface area (Å²) in [5.41, 5.74) is 1.89. The van der Waals surface area contributed by atoms with Crippen molar-refractivity contribution in [2.45, 2.75) is 39.4 Å². The third-order valence-corrected chi connectivity index (χ3v) is 4.97.